The molecule has 0 rings (SSSR count). The Labute approximate surface area is 113 Å². The van der Waals surface area contributed by atoms with Gasteiger partial charge in [-0.1, -0.05) is 12.2 Å². The molecular weight excluding hydrogens is 256 g/mol. The molecule has 0 bridgehead atoms. The first-order valence-electron chi connectivity index (χ1n) is 5.59. The Morgan fingerprint density at radius 3 is 1.59 bits per heavy atom. The zero-order valence-electron chi connectivity index (χ0n) is 10.4. The smallest absolute Gasteiger partial charge is 0.0656 e. The second kappa shape index (κ2) is 10.0. The Kier molecular flexibility index (Phi) is 10.1. The molecule has 0 aromatic carbocycles. The molecule has 0 aromatic rings. The van der Waals surface area contributed by atoms with Gasteiger partial charge in [-0.05, 0) is 26.7 Å². The van der Waals surface area contributed by atoms with Gasteiger partial charge in [0.15, 0.2) is 0 Å². The summed E-state index contributed by atoms with van der Waals surface area (Å²) in [5.74, 6) is 0. The quantitative estimate of drug-likeness (QED) is 0.475. The van der Waals surface area contributed by atoms with Gasteiger partial charge in [-0.15, -0.1) is 13.2 Å². The van der Waals surface area contributed by atoms with E-state index in [0.29, 0.717) is 12.8 Å². The molecule has 100 valence electrons. The topological polar surface area (TPSA) is 49.7 Å². The monoisotopic (exact) mass is 278 g/mol. The average molecular weight is 278 g/mol. The Bertz CT molecular complexity index is 198. The van der Waals surface area contributed by atoms with Gasteiger partial charge in [0.25, 0.3) is 0 Å². The molecular formula is C12H22O3S2. The number of hydrogen-bond donors (Lipinski definition) is 2. The Morgan fingerprint density at radius 1 is 1.00 bits per heavy atom. The van der Waals surface area contributed by atoms with E-state index >= 15 is 0 Å². The summed E-state index contributed by atoms with van der Waals surface area (Å²) < 4.78 is 5.40. The van der Waals surface area contributed by atoms with Crippen LogP contribution in [0.2, 0.25) is 0 Å². The summed E-state index contributed by atoms with van der Waals surface area (Å²) in [4.78, 5) is 0. The van der Waals surface area contributed by atoms with Gasteiger partial charge in [0, 0.05) is 24.1 Å². The van der Waals surface area contributed by atoms with Gasteiger partial charge in [-0.3, -0.25) is 0 Å². The van der Waals surface area contributed by atoms with E-state index in [1.165, 1.54) is 24.1 Å². The SMILES string of the molecule is C=CCC(SOSC(CC=C)C(C)O)C(C)O. The molecule has 17 heavy (non-hydrogen) atoms. The van der Waals surface area contributed by atoms with E-state index in [1.807, 2.05) is 0 Å². The highest BCUT2D eigenvalue weighted by molar-refractivity contribution is 8.08. The molecule has 0 radical (unpaired) electrons. The second-order valence-electron chi connectivity index (χ2n) is 3.87. The van der Waals surface area contributed by atoms with Gasteiger partial charge in [0.1, 0.15) is 0 Å². The van der Waals surface area contributed by atoms with Crippen LogP contribution in [0.5, 0.6) is 0 Å². The maximum absolute atomic E-state index is 9.50. The summed E-state index contributed by atoms with van der Waals surface area (Å²) in [6, 6.07) is 0. The number of allylic oxidation sites excluding steroid dienone is 2. The maximum atomic E-state index is 9.50. The molecule has 0 saturated heterocycles. The van der Waals surface area contributed by atoms with Crippen LogP contribution < -0.4 is 0 Å². The minimum atomic E-state index is -0.456. The fourth-order valence-corrected chi connectivity index (χ4v) is 2.83. The van der Waals surface area contributed by atoms with E-state index in [0.717, 1.165) is 0 Å². The third-order valence-corrected chi connectivity index (χ3v) is 4.50. The van der Waals surface area contributed by atoms with Crippen LogP contribution in [0.1, 0.15) is 26.7 Å². The third-order valence-electron chi connectivity index (χ3n) is 2.20. The molecule has 5 heteroatoms. The summed E-state index contributed by atoms with van der Waals surface area (Å²) in [5.41, 5.74) is 0. The van der Waals surface area contributed by atoms with Gasteiger partial charge < -0.3 is 10.2 Å². The minimum absolute atomic E-state index is 0.0293. The van der Waals surface area contributed by atoms with E-state index < -0.39 is 12.2 Å². The van der Waals surface area contributed by atoms with Crippen LogP contribution in [0.15, 0.2) is 25.3 Å². The Hall–Kier alpha value is 0.0600. The molecule has 0 aliphatic heterocycles. The van der Waals surface area contributed by atoms with Crippen LogP contribution in [-0.4, -0.2) is 32.9 Å². The normalized spacial score (nSPS) is 18.1. The number of hydrogen-bond acceptors (Lipinski definition) is 5. The van der Waals surface area contributed by atoms with Crippen molar-refractivity contribution in [3.05, 3.63) is 25.3 Å². The van der Waals surface area contributed by atoms with Crippen molar-refractivity contribution in [2.75, 3.05) is 0 Å². The molecule has 0 aliphatic rings. The van der Waals surface area contributed by atoms with Crippen LogP contribution >= 0.6 is 24.1 Å². The van der Waals surface area contributed by atoms with Crippen molar-refractivity contribution in [3.63, 3.8) is 0 Å². The standard InChI is InChI=1S/C12H22O3S2/c1-5-7-11(9(3)13)16-15-17-12(8-6-2)10(4)14/h5-6,9-14H,1-2,7-8H2,3-4H3. The van der Waals surface area contributed by atoms with Crippen molar-refractivity contribution < 1.29 is 13.8 Å². The summed E-state index contributed by atoms with van der Waals surface area (Å²) in [6.07, 6.45) is 3.97. The first kappa shape index (κ1) is 17.1. The average Bonchev–Trinajstić information content (AvgIpc) is 2.26. The summed E-state index contributed by atoms with van der Waals surface area (Å²) in [6.45, 7) is 10.7. The molecule has 0 amide bonds. The van der Waals surface area contributed by atoms with Gasteiger partial charge >= 0.3 is 0 Å². The molecule has 0 saturated carbocycles. The van der Waals surface area contributed by atoms with Crippen LogP contribution in [0, 0.1) is 0 Å². The van der Waals surface area contributed by atoms with E-state index in [9.17, 15) is 10.2 Å². The third kappa shape index (κ3) is 7.89. The summed E-state index contributed by atoms with van der Waals surface area (Å²) in [5, 5.41) is 18.9. The number of aliphatic hydroxyl groups excluding tert-OH is 2. The van der Waals surface area contributed by atoms with Gasteiger partial charge in [0.2, 0.25) is 0 Å². The van der Waals surface area contributed by atoms with Gasteiger partial charge in [-0.25, -0.2) is 3.63 Å². The molecule has 3 nitrogen and oxygen atoms in total. The first-order chi connectivity index (χ1) is 8.02. The second-order valence-corrected chi connectivity index (χ2v) is 6.01. The molecule has 0 fully saturated rings. The highest BCUT2D eigenvalue weighted by Gasteiger charge is 2.19. The Balaban J connectivity index is 3.99. The van der Waals surface area contributed by atoms with E-state index in [1.54, 1.807) is 26.0 Å². The molecule has 4 unspecified atom stereocenters. The van der Waals surface area contributed by atoms with Crippen molar-refractivity contribution in [3.8, 4) is 0 Å². The summed E-state index contributed by atoms with van der Waals surface area (Å²) in [7, 11) is 0. The van der Waals surface area contributed by atoms with Crippen LogP contribution in [0.25, 0.3) is 0 Å². The van der Waals surface area contributed by atoms with Crippen molar-refractivity contribution in [1.29, 1.82) is 0 Å². The van der Waals surface area contributed by atoms with Crippen LogP contribution in [0.4, 0.5) is 0 Å². The number of aliphatic hydroxyl groups is 2. The zero-order valence-corrected chi connectivity index (χ0v) is 12.0. The molecule has 2 N–H and O–H groups in total. The van der Waals surface area contributed by atoms with Gasteiger partial charge in [-0.2, -0.15) is 0 Å². The molecule has 0 heterocycles. The van der Waals surface area contributed by atoms with Crippen LogP contribution in [0.3, 0.4) is 0 Å². The highest BCUT2D eigenvalue weighted by atomic mass is 32.2. The molecule has 0 aliphatic carbocycles. The predicted octanol–water partition coefficient (Wildman–Crippen LogP) is 2.95. The van der Waals surface area contributed by atoms with E-state index in [4.69, 9.17) is 3.63 Å². The molecule has 4 atom stereocenters. The van der Waals surface area contributed by atoms with Crippen molar-refractivity contribution >= 4 is 24.1 Å². The van der Waals surface area contributed by atoms with Gasteiger partial charge in [0.05, 0.1) is 22.7 Å². The largest absolute Gasteiger partial charge is 0.392 e. The lowest BCUT2D eigenvalue weighted by Crippen LogP contribution is -2.20. The first-order valence-corrected chi connectivity index (χ1v) is 7.20. The Morgan fingerprint density at radius 2 is 1.35 bits per heavy atom. The lowest BCUT2D eigenvalue weighted by molar-refractivity contribution is 0.189. The summed E-state index contributed by atoms with van der Waals surface area (Å²) >= 11 is 2.44. The van der Waals surface area contributed by atoms with E-state index in [2.05, 4.69) is 13.2 Å². The van der Waals surface area contributed by atoms with Crippen molar-refractivity contribution in [2.24, 2.45) is 0 Å². The minimum Gasteiger partial charge on any atom is -0.392 e. The zero-order chi connectivity index (χ0) is 13.3. The lowest BCUT2D eigenvalue weighted by Gasteiger charge is -2.19. The predicted molar refractivity (Wildman–Crippen MR) is 76.8 cm³/mol. The molecule has 0 aromatic heterocycles. The van der Waals surface area contributed by atoms with Crippen LogP contribution in [-0.2, 0) is 3.63 Å². The fourth-order valence-electron chi connectivity index (χ4n) is 1.09. The number of rotatable bonds is 10. The fraction of sp³-hybridized carbons (Fsp3) is 0.667. The van der Waals surface area contributed by atoms with Crippen molar-refractivity contribution in [1.82, 2.24) is 0 Å². The maximum Gasteiger partial charge on any atom is 0.0656 e. The lowest BCUT2D eigenvalue weighted by atomic mass is 10.2. The van der Waals surface area contributed by atoms with E-state index in [-0.39, 0.29) is 10.5 Å². The molecule has 0 spiro atoms. The highest BCUT2D eigenvalue weighted by Crippen LogP contribution is 2.30. The van der Waals surface area contributed by atoms with Crippen molar-refractivity contribution in [2.45, 2.75) is 49.4 Å².